The van der Waals surface area contributed by atoms with Gasteiger partial charge in [-0.1, -0.05) is 11.6 Å². The van der Waals surface area contributed by atoms with Crippen molar-refractivity contribution in [1.82, 2.24) is 4.98 Å². The summed E-state index contributed by atoms with van der Waals surface area (Å²) in [6.07, 6.45) is 0. The van der Waals surface area contributed by atoms with Crippen LogP contribution in [-0.2, 0) is 0 Å². The van der Waals surface area contributed by atoms with Gasteiger partial charge in [-0.2, -0.15) is 0 Å². The van der Waals surface area contributed by atoms with Gasteiger partial charge in [-0.15, -0.1) is 0 Å². The average Bonchev–Trinajstić information content (AvgIpc) is 2.39. The number of hydrogen-bond donors (Lipinski definition) is 2. The fraction of sp³-hybridized carbons (Fsp3) is 0.182. The summed E-state index contributed by atoms with van der Waals surface area (Å²) >= 11 is 6.19. The van der Waals surface area contributed by atoms with E-state index in [0.29, 0.717) is 27.9 Å². The molecule has 2 rings (SSSR count). The van der Waals surface area contributed by atoms with Gasteiger partial charge in [-0.25, -0.2) is 10.8 Å². The monoisotopic (exact) mass is 253 g/mol. The first-order valence-corrected chi connectivity index (χ1v) is 5.27. The third-order valence-electron chi connectivity index (χ3n) is 2.43. The van der Waals surface area contributed by atoms with Crippen molar-refractivity contribution in [3.8, 4) is 11.5 Å². The minimum absolute atomic E-state index is 0.499. The summed E-state index contributed by atoms with van der Waals surface area (Å²) in [7, 11) is 3.11. The zero-order valence-corrected chi connectivity index (χ0v) is 10.2. The van der Waals surface area contributed by atoms with Crippen LogP contribution in [-0.4, -0.2) is 19.2 Å². The predicted molar refractivity (Wildman–Crippen MR) is 67.7 cm³/mol. The lowest BCUT2D eigenvalue weighted by Gasteiger charge is -2.11. The van der Waals surface area contributed by atoms with Crippen molar-refractivity contribution in [2.24, 2.45) is 5.84 Å². The number of nitrogen functional groups attached to an aromatic ring is 1. The molecule has 0 fully saturated rings. The number of ether oxygens (including phenoxy) is 2. The standard InChI is InChI=1S/C11H12ClN3O2/c1-16-7-5-8(17-2)11-6(10(7)12)3-4-9(14-11)15-13/h3-5H,13H2,1-2H3,(H,14,15). The second-order valence-corrected chi connectivity index (χ2v) is 3.71. The first-order valence-electron chi connectivity index (χ1n) is 4.89. The van der Waals surface area contributed by atoms with Crippen molar-refractivity contribution in [3.05, 3.63) is 23.2 Å². The molecule has 17 heavy (non-hydrogen) atoms. The first kappa shape index (κ1) is 11.8. The zero-order valence-electron chi connectivity index (χ0n) is 9.45. The molecule has 6 heteroatoms. The van der Waals surface area contributed by atoms with Gasteiger partial charge in [0.2, 0.25) is 0 Å². The molecule has 0 atom stereocenters. The second-order valence-electron chi connectivity index (χ2n) is 3.33. The van der Waals surface area contributed by atoms with Crippen LogP contribution >= 0.6 is 11.6 Å². The normalized spacial score (nSPS) is 10.4. The van der Waals surface area contributed by atoms with Crippen LogP contribution < -0.4 is 20.7 Å². The summed E-state index contributed by atoms with van der Waals surface area (Å²) in [5, 5.41) is 1.25. The van der Waals surface area contributed by atoms with Crippen molar-refractivity contribution in [1.29, 1.82) is 0 Å². The van der Waals surface area contributed by atoms with E-state index in [4.69, 9.17) is 26.9 Å². The number of hydrogen-bond acceptors (Lipinski definition) is 5. The van der Waals surface area contributed by atoms with Crippen LogP contribution in [0.25, 0.3) is 10.9 Å². The van der Waals surface area contributed by atoms with Crippen molar-refractivity contribution >= 4 is 28.3 Å². The van der Waals surface area contributed by atoms with Gasteiger partial charge in [-0.05, 0) is 12.1 Å². The number of anilines is 1. The highest BCUT2D eigenvalue weighted by Gasteiger charge is 2.13. The minimum Gasteiger partial charge on any atom is -0.495 e. The maximum absolute atomic E-state index is 6.19. The van der Waals surface area contributed by atoms with E-state index in [2.05, 4.69) is 10.4 Å². The molecule has 0 amide bonds. The summed E-state index contributed by atoms with van der Waals surface area (Å²) in [6.45, 7) is 0. The summed E-state index contributed by atoms with van der Waals surface area (Å²) in [6, 6.07) is 5.23. The molecule has 0 bridgehead atoms. The maximum Gasteiger partial charge on any atom is 0.148 e. The van der Waals surface area contributed by atoms with E-state index in [1.807, 2.05) is 6.07 Å². The van der Waals surface area contributed by atoms with Crippen LogP contribution in [0.3, 0.4) is 0 Å². The minimum atomic E-state index is 0.499. The van der Waals surface area contributed by atoms with Crippen molar-refractivity contribution in [2.75, 3.05) is 19.6 Å². The molecule has 2 aromatic rings. The van der Waals surface area contributed by atoms with Crippen molar-refractivity contribution in [3.63, 3.8) is 0 Å². The smallest absolute Gasteiger partial charge is 0.148 e. The Hall–Kier alpha value is -1.72. The SMILES string of the molecule is COc1cc(OC)c2nc(NN)ccc2c1Cl. The van der Waals surface area contributed by atoms with Gasteiger partial charge in [0.15, 0.2) is 0 Å². The van der Waals surface area contributed by atoms with Crippen LogP contribution in [0.15, 0.2) is 18.2 Å². The lowest BCUT2D eigenvalue weighted by atomic mass is 10.2. The summed E-state index contributed by atoms with van der Waals surface area (Å²) in [4.78, 5) is 4.30. The molecule has 5 nitrogen and oxygen atoms in total. The van der Waals surface area contributed by atoms with E-state index in [1.54, 1.807) is 26.4 Å². The molecule has 0 unspecified atom stereocenters. The molecule has 3 N–H and O–H groups in total. The first-order chi connectivity index (χ1) is 8.21. The summed E-state index contributed by atoms with van der Waals surface area (Å²) in [5.41, 5.74) is 3.11. The molecular formula is C11H12ClN3O2. The third-order valence-corrected chi connectivity index (χ3v) is 2.82. The Morgan fingerprint density at radius 3 is 2.53 bits per heavy atom. The molecule has 0 aliphatic rings. The molecule has 0 radical (unpaired) electrons. The Bertz CT molecular complexity index is 560. The van der Waals surface area contributed by atoms with Crippen LogP contribution in [0.5, 0.6) is 11.5 Å². The highest BCUT2D eigenvalue weighted by Crippen LogP contribution is 2.38. The van der Waals surface area contributed by atoms with E-state index >= 15 is 0 Å². The van der Waals surface area contributed by atoms with Gasteiger partial charge in [0, 0.05) is 11.5 Å². The predicted octanol–water partition coefficient (Wildman–Crippen LogP) is 2.19. The van der Waals surface area contributed by atoms with Gasteiger partial charge in [-0.3, -0.25) is 0 Å². The molecule has 1 heterocycles. The third kappa shape index (κ3) is 1.94. The van der Waals surface area contributed by atoms with Gasteiger partial charge >= 0.3 is 0 Å². The van der Waals surface area contributed by atoms with Gasteiger partial charge in [0.1, 0.15) is 22.8 Å². The van der Waals surface area contributed by atoms with E-state index in [9.17, 15) is 0 Å². The Balaban J connectivity index is 2.79. The molecule has 1 aromatic carbocycles. The number of pyridine rings is 1. The molecule has 1 aromatic heterocycles. The fourth-order valence-corrected chi connectivity index (χ4v) is 1.88. The van der Waals surface area contributed by atoms with Crippen LogP contribution in [0.4, 0.5) is 5.82 Å². The number of methoxy groups -OCH3 is 2. The Morgan fingerprint density at radius 1 is 1.24 bits per heavy atom. The van der Waals surface area contributed by atoms with Crippen LogP contribution in [0.2, 0.25) is 5.02 Å². The lowest BCUT2D eigenvalue weighted by molar-refractivity contribution is 0.397. The Labute approximate surface area is 103 Å². The quantitative estimate of drug-likeness (QED) is 0.648. The number of nitrogens with one attached hydrogen (secondary N) is 1. The van der Waals surface area contributed by atoms with E-state index < -0.39 is 0 Å². The number of nitrogens with two attached hydrogens (primary N) is 1. The lowest BCUT2D eigenvalue weighted by Crippen LogP contribution is -2.08. The number of rotatable bonds is 3. The van der Waals surface area contributed by atoms with Gasteiger partial charge in [0.05, 0.1) is 19.2 Å². The highest BCUT2D eigenvalue weighted by atomic mass is 35.5. The van der Waals surface area contributed by atoms with Crippen LogP contribution in [0, 0.1) is 0 Å². The van der Waals surface area contributed by atoms with Crippen LogP contribution in [0.1, 0.15) is 0 Å². The number of nitrogens with zero attached hydrogens (tertiary/aromatic N) is 1. The number of benzene rings is 1. The summed E-state index contributed by atoms with van der Waals surface area (Å²) < 4.78 is 10.4. The Morgan fingerprint density at radius 2 is 1.94 bits per heavy atom. The second kappa shape index (κ2) is 4.65. The number of aromatic nitrogens is 1. The fourth-order valence-electron chi connectivity index (χ4n) is 1.59. The number of halogens is 1. The maximum atomic E-state index is 6.19. The average molecular weight is 254 g/mol. The molecule has 0 aliphatic carbocycles. The highest BCUT2D eigenvalue weighted by molar-refractivity contribution is 6.37. The van der Waals surface area contributed by atoms with E-state index in [0.717, 1.165) is 5.39 Å². The number of hydrazine groups is 1. The molecule has 90 valence electrons. The van der Waals surface area contributed by atoms with Crippen molar-refractivity contribution < 1.29 is 9.47 Å². The van der Waals surface area contributed by atoms with Gasteiger partial charge < -0.3 is 14.9 Å². The number of fused-ring (bicyclic) bond motifs is 1. The summed E-state index contributed by atoms with van der Waals surface area (Å²) in [5.74, 6) is 6.98. The Kier molecular flexibility index (Phi) is 3.21. The zero-order chi connectivity index (χ0) is 12.4. The molecule has 0 aliphatic heterocycles. The molecule has 0 saturated heterocycles. The molecular weight excluding hydrogens is 242 g/mol. The molecule has 0 spiro atoms. The topological polar surface area (TPSA) is 69.4 Å². The van der Waals surface area contributed by atoms with Gasteiger partial charge in [0.25, 0.3) is 0 Å². The van der Waals surface area contributed by atoms with E-state index in [-0.39, 0.29) is 0 Å². The largest absolute Gasteiger partial charge is 0.495 e. The van der Waals surface area contributed by atoms with Crippen molar-refractivity contribution in [2.45, 2.75) is 0 Å². The molecule has 0 saturated carbocycles. The van der Waals surface area contributed by atoms with E-state index in [1.165, 1.54) is 0 Å².